The lowest BCUT2D eigenvalue weighted by atomic mass is 10.3. The summed E-state index contributed by atoms with van der Waals surface area (Å²) in [7, 11) is 0. The topological polar surface area (TPSA) is 48.5 Å². The van der Waals surface area contributed by atoms with Crippen molar-refractivity contribution in [2.75, 3.05) is 36.4 Å². The number of pyridine rings is 1. The molecule has 138 valence electrons. The lowest BCUT2D eigenvalue weighted by Crippen LogP contribution is -2.38. The molecule has 9 heteroatoms. The molecule has 2 amide bonds. The maximum Gasteiger partial charge on any atom is 0.321 e. The fourth-order valence-electron chi connectivity index (χ4n) is 2.79. The molecule has 1 fully saturated rings. The Morgan fingerprint density at radius 1 is 1.12 bits per heavy atom. The third-order valence-electron chi connectivity index (χ3n) is 4.12. The van der Waals surface area contributed by atoms with Gasteiger partial charge in [0.05, 0.1) is 10.7 Å². The molecule has 0 radical (unpaired) electrons. The monoisotopic (exact) mass is 416 g/mol. The molecule has 1 aliphatic rings. The molecule has 0 spiro atoms. The number of carbonyl (C=O) groups is 1. The van der Waals surface area contributed by atoms with Crippen LogP contribution in [0, 0.1) is 5.82 Å². The summed E-state index contributed by atoms with van der Waals surface area (Å²) < 4.78 is 13.2. The van der Waals surface area contributed by atoms with Crippen LogP contribution in [0.2, 0.25) is 15.2 Å². The van der Waals surface area contributed by atoms with Crippen molar-refractivity contribution < 1.29 is 9.18 Å². The highest BCUT2D eigenvalue weighted by Gasteiger charge is 2.21. The Morgan fingerprint density at radius 3 is 2.69 bits per heavy atom. The molecular formula is C17H16Cl3FN4O. The van der Waals surface area contributed by atoms with Gasteiger partial charge < -0.3 is 15.1 Å². The average molecular weight is 418 g/mol. The zero-order valence-electron chi connectivity index (χ0n) is 13.7. The zero-order valence-corrected chi connectivity index (χ0v) is 16.0. The number of amides is 2. The van der Waals surface area contributed by atoms with Crippen molar-refractivity contribution in [3.05, 3.63) is 51.5 Å². The normalized spacial score (nSPS) is 14.9. The van der Waals surface area contributed by atoms with Crippen LogP contribution in [0.1, 0.15) is 6.42 Å². The molecule has 1 N–H and O–H groups in total. The summed E-state index contributed by atoms with van der Waals surface area (Å²) >= 11 is 18.0. The molecule has 1 aliphatic heterocycles. The van der Waals surface area contributed by atoms with Crippen LogP contribution < -0.4 is 10.2 Å². The van der Waals surface area contributed by atoms with Crippen LogP contribution in [0.3, 0.4) is 0 Å². The Labute approximate surface area is 165 Å². The fraction of sp³-hybridized carbons (Fsp3) is 0.294. The zero-order chi connectivity index (χ0) is 18.7. The van der Waals surface area contributed by atoms with E-state index < -0.39 is 5.82 Å². The Bertz CT molecular complexity index is 821. The molecule has 5 nitrogen and oxygen atoms in total. The molecule has 0 bridgehead atoms. The van der Waals surface area contributed by atoms with Crippen molar-refractivity contribution in [3.8, 4) is 0 Å². The van der Waals surface area contributed by atoms with Gasteiger partial charge in [0.15, 0.2) is 0 Å². The van der Waals surface area contributed by atoms with Gasteiger partial charge >= 0.3 is 6.03 Å². The van der Waals surface area contributed by atoms with Crippen LogP contribution in [0.25, 0.3) is 0 Å². The molecule has 0 saturated carbocycles. The number of halogens is 4. The number of aromatic nitrogens is 1. The van der Waals surface area contributed by atoms with Crippen LogP contribution >= 0.6 is 34.8 Å². The Morgan fingerprint density at radius 2 is 1.92 bits per heavy atom. The third-order valence-corrected chi connectivity index (χ3v) is 5.17. The second-order valence-corrected chi connectivity index (χ2v) is 6.96. The van der Waals surface area contributed by atoms with Crippen molar-refractivity contribution >= 4 is 52.2 Å². The third kappa shape index (κ3) is 4.31. The van der Waals surface area contributed by atoms with E-state index in [2.05, 4.69) is 15.2 Å². The number of carbonyl (C=O) groups excluding carboxylic acids is 1. The van der Waals surface area contributed by atoms with Gasteiger partial charge in [-0.1, -0.05) is 34.8 Å². The summed E-state index contributed by atoms with van der Waals surface area (Å²) in [6.45, 7) is 2.45. The van der Waals surface area contributed by atoms with Crippen molar-refractivity contribution in [3.63, 3.8) is 0 Å². The molecule has 1 aromatic carbocycles. The van der Waals surface area contributed by atoms with Crippen molar-refractivity contribution in [2.45, 2.75) is 6.42 Å². The first-order chi connectivity index (χ1) is 12.5. The number of rotatable bonds is 2. The summed E-state index contributed by atoms with van der Waals surface area (Å²) in [5.41, 5.74) is 1.26. The predicted molar refractivity (Wildman–Crippen MR) is 103 cm³/mol. The minimum Gasteiger partial charge on any atom is -0.368 e. The Balaban J connectivity index is 1.65. The number of hydrogen-bond donors (Lipinski definition) is 1. The molecule has 26 heavy (non-hydrogen) atoms. The van der Waals surface area contributed by atoms with Crippen LogP contribution in [-0.2, 0) is 0 Å². The predicted octanol–water partition coefficient (Wildman–Crippen LogP) is 4.93. The molecular weight excluding hydrogens is 402 g/mol. The molecule has 1 aromatic heterocycles. The van der Waals surface area contributed by atoms with Crippen molar-refractivity contribution in [1.82, 2.24) is 9.88 Å². The number of benzene rings is 1. The highest BCUT2D eigenvalue weighted by atomic mass is 35.5. The van der Waals surface area contributed by atoms with E-state index in [9.17, 15) is 9.18 Å². The maximum absolute atomic E-state index is 13.2. The molecule has 2 heterocycles. The van der Waals surface area contributed by atoms with Gasteiger partial charge in [-0.25, -0.2) is 14.2 Å². The van der Waals surface area contributed by atoms with E-state index in [1.807, 2.05) is 6.07 Å². The highest BCUT2D eigenvalue weighted by Crippen LogP contribution is 2.31. The van der Waals surface area contributed by atoms with E-state index in [1.54, 1.807) is 11.1 Å². The van der Waals surface area contributed by atoms with E-state index in [-0.39, 0.29) is 16.2 Å². The summed E-state index contributed by atoms with van der Waals surface area (Å²) in [6.07, 6.45) is 2.38. The minimum atomic E-state index is -0.525. The minimum absolute atomic E-state index is 0.0333. The van der Waals surface area contributed by atoms with Gasteiger partial charge in [-0.2, -0.15) is 0 Å². The highest BCUT2D eigenvalue weighted by molar-refractivity contribution is 6.42. The number of anilines is 2. The first kappa shape index (κ1) is 19.0. The van der Waals surface area contributed by atoms with Gasteiger partial charge in [-0.3, -0.25) is 0 Å². The number of nitrogens with one attached hydrogen (secondary N) is 1. The van der Waals surface area contributed by atoms with Crippen molar-refractivity contribution in [2.24, 2.45) is 0 Å². The smallest absolute Gasteiger partial charge is 0.321 e. The summed E-state index contributed by atoms with van der Waals surface area (Å²) in [4.78, 5) is 20.2. The van der Waals surface area contributed by atoms with Gasteiger partial charge in [-0.15, -0.1) is 0 Å². The van der Waals surface area contributed by atoms with E-state index >= 15 is 0 Å². The summed E-state index contributed by atoms with van der Waals surface area (Å²) in [5, 5.41) is 3.38. The second kappa shape index (κ2) is 8.29. The first-order valence-electron chi connectivity index (χ1n) is 8.01. The van der Waals surface area contributed by atoms with Crippen LogP contribution in [-0.4, -0.2) is 42.1 Å². The van der Waals surface area contributed by atoms with Gasteiger partial charge in [0.2, 0.25) is 0 Å². The van der Waals surface area contributed by atoms with Gasteiger partial charge in [0.25, 0.3) is 0 Å². The van der Waals surface area contributed by atoms with Gasteiger partial charge in [-0.05, 0) is 30.7 Å². The summed E-state index contributed by atoms with van der Waals surface area (Å²) in [6, 6.07) is 5.63. The lowest BCUT2D eigenvalue weighted by Gasteiger charge is -2.24. The quantitative estimate of drug-likeness (QED) is 0.705. The Kier molecular flexibility index (Phi) is 6.06. The fourth-order valence-corrected chi connectivity index (χ4v) is 3.36. The van der Waals surface area contributed by atoms with E-state index in [4.69, 9.17) is 34.8 Å². The molecule has 0 atom stereocenters. The number of hydrogen-bond acceptors (Lipinski definition) is 3. The number of urea groups is 1. The van der Waals surface area contributed by atoms with E-state index in [1.165, 1.54) is 18.2 Å². The lowest BCUT2D eigenvalue weighted by molar-refractivity contribution is 0.215. The molecule has 2 aromatic rings. The van der Waals surface area contributed by atoms with Crippen LogP contribution in [0.4, 0.5) is 20.6 Å². The largest absolute Gasteiger partial charge is 0.368 e. The van der Waals surface area contributed by atoms with E-state index in [0.29, 0.717) is 30.3 Å². The van der Waals surface area contributed by atoms with Crippen molar-refractivity contribution in [1.29, 1.82) is 0 Å². The number of nitrogens with zero attached hydrogens (tertiary/aromatic N) is 3. The molecule has 0 aliphatic carbocycles. The standard InChI is InChI=1S/C17H16Cl3FN4O/c18-12-10-11(2-3-13(12)21)23-17(26)25-7-1-6-24(8-9-25)14-4-5-22-16(20)15(14)19/h2-5,10H,1,6-9H2,(H,23,26). The van der Waals surface area contributed by atoms with Gasteiger partial charge in [0.1, 0.15) is 16.0 Å². The molecule has 1 saturated heterocycles. The Hall–Kier alpha value is -1.76. The summed E-state index contributed by atoms with van der Waals surface area (Å²) in [5.74, 6) is -0.525. The van der Waals surface area contributed by atoms with Crippen LogP contribution in [0.5, 0.6) is 0 Å². The molecule has 0 unspecified atom stereocenters. The maximum atomic E-state index is 13.2. The SMILES string of the molecule is O=C(Nc1ccc(F)c(Cl)c1)N1CCCN(c2ccnc(Cl)c2Cl)CC1. The second-order valence-electron chi connectivity index (χ2n) is 5.82. The average Bonchev–Trinajstić information content (AvgIpc) is 2.87. The van der Waals surface area contributed by atoms with Gasteiger partial charge in [0, 0.05) is 38.1 Å². The first-order valence-corrected chi connectivity index (χ1v) is 9.15. The van der Waals surface area contributed by atoms with E-state index in [0.717, 1.165) is 18.7 Å². The molecule has 3 rings (SSSR count). The van der Waals surface area contributed by atoms with Crippen LogP contribution in [0.15, 0.2) is 30.5 Å².